The summed E-state index contributed by atoms with van der Waals surface area (Å²) in [5, 5.41) is 13.8. The van der Waals surface area contributed by atoms with Gasteiger partial charge in [-0.15, -0.1) is 0 Å². The third-order valence-electron chi connectivity index (χ3n) is 2.36. The number of nitro groups is 1. The topological polar surface area (TPSA) is 55.2 Å². The SMILES string of the molecule is CCCC(C)Nc1cc(F)c(Br)cc1[N+](=O)[O-]. The molecule has 0 fully saturated rings. The van der Waals surface area contributed by atoms with Gasteiger partial charge in [0.1, 0.15) is 11.5 Å². The fourth-order valence-electron chi connectivity index (χ4n) is 1.57. The van der Waals surface area contributed by atoms with Crippen LogP contribution in [0.15, 0.2) is 16.6 Å². The van der Waals surface area contributed by atoms with Crippen molar-refractivity contribution in [2.24, 2.45) is 0 Å². The maximum Gasteiger partial charge on any atom is 0.293 e. The van der Waals surface area contributed by atoms with Crippen LogP contribution in [0.4, 0.5) is 15.8 Å². The van der Waals surface area contributed by atoms with Crippen LogP contribution < -0.4 is 5.32 Å². The lowest BCUT2D eigenvalue weighted by Crippen LogP contribution is -2.15. The molecule has 0 amide bonds. The number of nitrogens with zero attached hydrogens (tertiary/aromatic N) is 1. The molecule has 17 heavy (non-hydrogen) atoms. The van der Waals surface area contributed by atoms with Gasteiger partial charge in [-0.05, 0) is 29.3 Å². The van der Waals surface area contributed by atoms with E-state index in [0.717, 1.165) is 18.9 Å². The summed E-state index contributed by atoms with van der Waals surface area (Å²) in [5.41, 5.74) is 0.0953. The highest BCUT2D eigenvalue weighted by molar-refractivity contribution is 9.10. The molecular weight excluding hydrogens is 291 g/mol. The number of rotatable bonds is 5. The first-order valence-electron chi connectivity index (χ1n) is 5.35. The molecule has 1 N–H and O–H groups in total. The van der Waals surface area contributed by atoms with Crippen LogP contribution in [0, 0.1) is 15.9 Å². The Morgan fingerprint density at radius 1 is 1.59 bits per heavy atom. The van der Waals surface area contributed by atoms with Crippen LogP contribution in [0.5, 0.6) is 0 Å². The van der Waals surface area contributed by atoms with Gasteiger partial charge in [-0.25, -0.2) is 4.39 Å². The van der Waals surface area contributed by atoms with E-state index in [1.807, 2.05) is 13.8 Å². The van der Waals surface area contributed by atoms with E-state index in [-0.39, 0.29) is 21.9 Å². The second-order valence-corrected chi connectivity index (χ2v) is 4.73. The van der Waals surface area contributed by atoms with Gasteiger partial charge in [-0.2, -0.15) is 0 Å². The Hall–Kier alpha value is -1.17. The van der Waals surface area contributed by atoms with Gasteiger partial charge in [-0.3, -0.25) is 10.1 Å². The van der Waals surface area contributed by atoms with Crippen LogP contribution >= 0.6 is 15.9 Å². The third kappa shape index (κ3) is 3.66. The van der Waals surface area contributed by atoms with Crippen LogP contribution in [0.25, 0.3) is 0 Å². The molecule has 1 rings (SSSR count). The fraction of sp³-hybridized carbons (Fsp3) is 0.455. The zero-order valence-electron chi connectivity index (χ0n) is 9.67. The van der Waals surface area contributed by atoms with Crippen LogP contribution in [0.1, 0.15) is 26.7 Å². The Bertz CT molecular complexity index is 426. The number of nitro benzene ring substituents is 1. The Morgan fingerprint density at radius 2 is 2.24 bits per heavy atom. The molecule has 1 aromatic carbocycles. The lowest BCUT2D eigenvalue weighted by Gasteiger charge is -2.14. The van der Waals surface area contributed by atoms with Crippen LogP contribution in [0.3, 0.4) is 0 Å². The largest absolute Gasteiger partial charge is 0.377 e. The lowest BCUT2D eigenvalue weighted by atomic mass is 10.1. The molecule has 0 heterocycles. The number of hydrogen-bond donors (Lipinski definition) is 1. The summed E-state index contributed by atoms with van der Waals surface area (Å²) in [7, 11) is 0. The summed E-state index contributed by atoms with van der Waals surface area (Å²) >= 11 is 2.94. The van der Waals surface area contributed by atoms with Crippen molar-refractivity contribution in [3.05, 3.63) is 32.5 Å². The highest BCUT2D eigenvalue weighted by Crippen LogP contribution is 2.31. The molecule has 0 saturated heterocycles. The zero-order valence-corrected chi connectivity index (χ0v) is 11.3. The number of benzene rings is 1. The second kappa shape index (κ2) is 5.95. The highest BCUT2D eigenvalue weighted by atomic mass is 79.9. The summed E-state index contributed by atoms with van der Waals surface area (Å²) in [6.45, 7) is 3.93. The smallest absolute Gasteiger partial charge is 0.293 e. The molecule has 0 aromatic heterocycles. The summed E-state index contributed by atoms with van der Waals surface area (Å²) in [5.74, 6) is -0.512. The molecule has 0 radical (unpaired) electrons. The van der Waals surface area contributed by atoms with E-state index in [9.17, 15) is 14.5 Å². The highest BCUT2D eigenvalue weighted by Gasteiger charge is 2.18. The van der Waals surface area contributed by atoms with Crippen molar-refractivity contribution in [1.82, 2.24) is 0 Å². The molecule has 1 unspecified atom stereocenters. The van der Waals surface area contributed by atoms with Crippen molar-refractivity contribution in [2.45, 2.75) is 32.7 Å². The summed E-state index contributed by atoms with van der Waals surface area (Å²) in [6, 6.07) is 2.39. The maximum absolute atomic E-state index is 13.3. The molecular formula is C11H14BrFN2O2. The Labute approximate surface area is 107 Å². The van der Waals surface area contributed by atoms with E-state index in [4.69, 9.17) is 0 Å². The molecule has 0 bridgehead atoms. The predicted molar refractivity (Wildman–Crippen MR) is 68.7 cm³/mol. The second-order valence-electron chi connectivity index (χ2n) is 3.87. The van der Waals surface area contributed by atoms with Gasteiger partial charge in [0.25, 0.3) is 5.69 Å². The lowest BCUT2D eigenvalue weighted by molar-refractivity contribution is -0.384. The van der Waals surface area contributed by atoms with Gasteiger partial charge < -0.3 is 5.32 Å². The Kier molecular flexibility index (Phi) is 4.86. The van der Waals surface area contributed by atoms with Crippen molar-refractivity contribution >= 4 is 27.3 Å². The van der Waals surface area contributed by atoms with Crippen molar-refractivity contribution in [2.75, 3.05) is 5.32 Å². The van der Waals surface area contributed by atoms with Crippen LogP contribution in [-0.4, -0.2) is 11.0 Å². The van der Waals surface area contributed by atoms with Gasteiger partial charge in [0.2, 0.25) is 0 Å². The maximum atomic E-state index is 13.3. The Morgan fingerprint density at radius 3 is 2.76 bits per heavy atom. The molecule has 94 valence electrons. The molecule has 6 heteroatoms. The van der Waals surface area contributed by atoms with E-state index >= 15 is 0 Å². The predicted octanol–water partition coefficient (Wildman–Crippen LogP) is 4.10. The number of anilines is 1. The quantitative estimate of drug-likeness (QED) is 0.658. The van der Waals surface area contributed by atoms with Gasteiger partial charge in [-0.1, -0.05) is 13.3 Å². The van der Waals surface area contributed by atoms with Crippen molar-refractivity contribution < 1.29 is 9.31 Å². The van der Waals surface area contributed by atoms with Gasteiger partial charge in [0.05, 0.1) is 9.40 Å². The zero-order chi connectivity index (χ0) is 13.0. The van der Waals surface area contributed by atoms with E-state index in [1.165, 1.54) is 6.07 Å². The minimum absolute atomic E-state index is 0.0688. The minimum Gasteiger partial charge on any atom is -0.377 e. The van der Waals surface area contributed by atoms with E-state index < -0.39 is 10.7 Å². The number of nitrogens with one attached hydrogen (secondary N) is 1. The molecule has 0 spiro atoms. The molecule has 0 saturated carbocycles. The van der Waals surface area contributed by atoms with E-state index in [0.29, 0.717) is 0 Å². The standard InChI is InChI=1S/C11H14BrFN2O2/c1-3-4-7(2)14-10-6-9(13)8(12)5-11(10)15(16)17/h5-7,14H,3-4H2,1-2H3. The molecule has 1 atom stereocenters. The molecule has 1 aromatic rings. The van der Waals surface area contributed by atoms with Crippen molar-refractivity contribution in [1.29, 1.82) is 0 Å². The first-order valence-corrected chi connectivity index (χ1v) is 6.15. The first kappa shape index (κ1) is 13.9. The average molecular weight is 305 g/mol. The van der Waals surface area contributed by atoms with Crippen molar-refractivity contribution in [3.63, 3.8) is 0 Å². The van der Waals surface area contributed by atoms with Crippen LogP contribution in [-0.2, 0) is 0 Å². The fourth-order valence-corrected chi connectivity index (χ4v) is 1.90. The monoisotopic (exact) mass is 304 g/mol. The third-order valence-corrected chi connectivity index (χ3v) is 2.97. The first-order chi connectivity index (χ1) is 7.95. The van der Waals surface area contributed by atoms with Gasteiger partial charge >= 0.3 is 0 Å². The average Bonchev–Trinajstić information content (AvgIpc) is 2.23. The van der Waals surface area contributed by atoms with Gasteiger partial charge in [0, 0.05) is 18.2 Å². The number of halogens is 2. The normalized spacial score (nSPS) is 12.2. The van der Waals surface area contributed by atoms with E-state index in [2.05, 4.69) is 21.2 Å². The summed E-state index contributed by atoms with van der Waals surface area (Å²) < 4.78 is 13.4. The number of hydrogen-bond acceptors (Lipinski definition) is 3. The van der Waals surface area contributed by atoms with Crippen molar-refractivity contribution in [3.8, 4) is 0 Å². The van der Waals surface area contributed by atoms with Crippen LogP contribution in [0.2, 0.25) is 0 Å². The summed E-state index contributed by atoms with van der Waals surface area (Å²) in [4.78, 5) is 10.3. The minimum atomic E-state index is -0.523. The Balaban J connectivity index is 3.04. The summed E-state index contributed by atoms with van der Waals surface area (Å²) in [6.07, 6.45) is 1.83. The van der Waals surface area contributed by atoms with Gasteiger partial charge in [0.15, 0.2) is 0 Å². The molecule has 0 aliphatic heterocycles. The molecule has 4 nitrogen and oxygen atoms in total. The molecule has 0 aliphatic carbocycles. The molecule has 0 aliphatic rings. The van der Waals surface area contributed by atoms with E-state index in [1.54, 1.807) is 0 Å².